The zero-order valence-electron chi connectivity index (χ0n) is 10.8. The normalized spacial score (nSPS) is 22.4. The Labute approximate surface area is 107 Å². The number of hydrogen-bond acceptors (Lipinski definition) is 3. The van der Waals surface area contributed by atoms with Gasteiger partial charge in [-0.1, -0.05) is 19.1 Å². The van der Waals surface area contributed by atoms with Gasteiger partial charge in [-0.2, -0.15) is 0 Å². The van der Waals surface area contributed by atoms with Crippen LogP contribution in [-0.2, 0) is 9.53 Å². The van der Waals surface area contributed by atoms with Gasteiger partial charge in [-0.25, -0.2) is 0 Å². The van der Waals surface area contributed by atoms with Gasteiger partial charge >= 0.3 is 5.97 Å². The third-order valence-corrected chi connectivity index (χ3v) is 3.14. The van der Waals surface area contributed by atoms with Crippen LogP contribution in [0, 0.1) is 5.92 Å². The first-order chi connectivity index (χ1) is 8.69. The third kappa shape index (κ3) is 3.13. The molecule has 0 amide bonds. The fraction of sp³-hybridized carbons (Fsp3) is 0.400. The van der Waals surface area contributed by atoms with Crippen LogP contribution in [0.15, 0.2) is 30.0 Å². The molecule has 0 radical (unpaired) electrons. The molecule has 18 heavy (non-hydrogen) atoms. The average molecular weight is 246 g/mol. The largest absolute Gasteiger partial charge is 0.497 e. The van der Waals surface area contributed by atoms with E-state index in [1.54, 1.807) is 7.11 Å². The summed E-state index contributed by atoms with van der Waals surface area (Å²) < 4.78 is 10.5. The van der Waals surface area contributed by atoms with Crippen LogP contribution in [0.4, 0.5) is 0 Å². The Bertz CT molecular complexity index is 445. The number of benzene rings is 1. The molecule has 1 aliphatic heterocycles. The van der Waals surface area contributed by atoms with Gasteiger partial charge in [-0.3, -0.25) is 4.79 Å². The van der Waals surface area contributed by atoms with E-state index >= 15 is 0 Å². The molecule has 0 saturated carbocycles. The van der Waals surface area contributed by atoms with E-state index in [1.807, 2.05) is 37.3 Å². The lowest BCUT2D eigenvalue weighted by atomic mass is 10.1. The van der Waals surface area contributed by atoms with E-state index in [1.165, 1.54) is 0 Å². The molecule has 1 unspecified atom stereocenters. The topological polar surface area (TPSA) is 35.5 Å². The summed E-state index contributed by atoms with van der Waals surface area (Å²) in [5.41, 5.74) is 1.02. The SMILES string of the molecule is COc1ccc(/C=C2\CCCC(C)C(=O)O2)cc1. The van der Waals surface area contributed by atoms with E-state index in [0.717, 1.165) is 36.3 Å². The van der Waals surface area contributed by atoms with Crippen molar-refractivity contribution in [1.82, 2.24) is 0 Å². The number of ether oxygens (including phenoxy) is 2. The minimum absolute atomic E-state index is 0.00627. The van der Waals surface area contributed by atoms with Crippen LogP contribution in [0.25, 0.3) is 6.08 Å². The standard InChI is InChI=1S/C15H18O3/c1-11-4-3-5-14(18-15(11)16)10-12-6-8-13(17-2)9-7-12/h6-11H,3-5H2,1-2H3/b14-10+. The first kappa shape index (κ1) is 12.7. The Hall–Kier alpha value is -1.77. The number of rotatable bonds is 2. The molecule has 0 N–H and O–H groups in total. The van der Waals surface area contributed by atoms with Gasteiger partial charge in [-0.15, -0.1) is 0 Å². The Morgan fingerprint density at radius 2 is 2.06 bits per heavy atom. The van der Waals surface area contributed by atoms with Gasteiger partial charge in [0.15, 0.2) is 0 Å². The molecule has 1 aromatic carbocycles. The highest BCUT2D eigenvalue weighted by atomic mass is 16.5. The van der Waals surface area contributed by atoms with Gasteiger partial charge in [0, 0.05) is 6.42 Å². The first-order valence-electron chi connectivity index (χ1n) is 6.25. The second-order valence-corrected chi connectivity index (χ2v) is 4.60. The van der Waals surface area contributed by atoms with Crippen molar-refractivity contribution in [1.29, 1.82) is 0 Å². The summed E-state index contributed by atoms with van der Waals surface area (Å²) in [6, 6.07) is 7.70. The van der Waals surface area contributed by atoms with Crippen molar-refractivity contribution in [2.75, 3.05) is 7.11 Å². The number of methoxy groups -OCH3 is 1. The maximum Gasteiger partial charge on any atom is 0.313 e. The van der Waals surface area contributed by atoms with Crippen LogP contribution in [0.1, 0.15) is 31.7 Å². The smallest absolute Gasteiger partial charge is 0.313 e. The summed E-state index contributed by atoms with van der Waals surface area (Å²) in [6.45, 7) is 1.92. The van der Waals surface area contributed by atoms with Crippen LogP contribution in [0.5, 0.6) is 5.75 Å². The highest BCUT2D eigenvalue weighted by Gasteiger charge is 2.20. The molecule has 0 aliphatic carbocycles. The number of allylic oxidation sites excluding steroid dienone is 1. The van der Waals surface area contributed by atoms with Gasteiger partial charge in [0.25, 0.3) is 0 Å². The molecular weight excluding hydrogens is 228 g/mol. The zero-order chi connectivity index (χ0) is 13.0. The van der Waals surface area contributed by atoms with Gasteiger partial charge in [-0.05, 0) is 36.6 Å². The summed E-state index contributed by atoms with van der Waals surface area (Å²) in [5.74, 6) is 1.47. The van der Waals surface area contributed by atoms with Crippen molar-refractivity contribution in [2.45, 2.75) is 26.2 Å². The summed E-state index contributed by atoms with van der Waals surface area (Å²) in [4.78, 5) is 11.6. The van der Waals surface area contributed by atoms with Crippen LogP contribution in [0.3, 0.4) is 0 Å². The molecule has 3 nitrogen and oxygen atoms in total. The van der Waals surface area contributed by atoms with Crippen molar-refractivity contribution < 1.29 is 14.3 Å². The molecule has 1 fully saturated rings. The Morgan fingerprint density at radius 3 is 2.72 bits per heavy atom. The molecule has 3 heteroatoms. The molecule has 1 aromatic rings. The van der Waals surface area contributed by atoms with Gasteiger partial charge in [0.05, 0.1) is 13.0 Å². The summed E-state index contributed by atoms with van der Waals surface area (Å²) >= 11 is 0. The lowest BCUT2D eigenvalue weighted by Crippen LogP contribution is -2.10. The molecule has 1 heterocycles. The monoisotopic (exact) mass is 246 g/mol. The summed E-state index contributed by atoms with van der Waals surface area (Å²) in [7, 11) is 1.64. The summed E-state index contributed by atoms with van der Waals surface area (Å²) in [6.07, 6.45) is 4.64. The van der Waals surface area contributed by atoms with Crippen molar-refractivity contribution in [3.05, 3.63) is 35.6 Å². The third-order valence-electron chi connectivity index (χ3n) is 3.14. The zero-order valence-corrected chi connectivity index (χ0v) is 10.8. The van der Waals surface area contributed by atoms with Crippen LogP contribution < -0.4 is 4.74 Å². The average Bonchev–Trinajstić information content (AvgIpc) is 2.53. The van der Waals surface area contributed by atoms with E-state index < -0.39 is 0 Å². The van der Waals surface area contributed by atoms with Gasteiger partial charge in [0.2, 0.25) is 0 Å². The van der Waals surface area contributed by atoms with Crippen LogP contribution in [0.2, 0.25) is 0 Å². The molecule has 0 bridgehead atoms. The Balaban J connectivity index is 2.13. The first-order valence-corrected chi connectivity index (χ1v) is 6.25. The van der Waals surface area contributed by atoms with Crippen LogP contribution >= 0.6 is 0 Å². The minimum atomic E-state index is -0.118. The number of carbonyl (C=O) groups is 1. The number of carbonyl (C=O) groups excluding carboxylic acids is 1. The molecule has 1 aliphatic rings. The Kier molecular flexibility index (Phi) is 4.03. The van der Waals surface area contributed by atoms with Crippen molar-refractivity contribution >= 4 is 12.0 Å². The second kappa shape index (κ2) is 5.71. The second-order valence-electron chi connectivity index (χ2n) is 4.60. The van der Waals surface area contributed by atoms with E-state index in [2.05, 4.69) is 0 Å². The maximum atomic E-state index is 11.6. The summed E-state index contributed by atoms with van der Waals surface area (Å²) in [5, 5.41) is 0. The number of esters is 1. The predicted octanol–water partition coefficient (Wildman–Crippen LogP) is 3.40. The van der Waals surface area contributed by atoms with E-state index in [9.17, 15) is 4.79 Å². The molecule has 2 rings (SSSR count). The van der Waals surface area contributed by atoms with E-state index in [-0.39, 0.29) is 11.9 Å². The molecule has 0 aromatic heterocycles. The minimum Gasteiger partial charge on any atom is -0.497 e. The quantitative estimate of drug-likeness (QED) is 0.750. The number of cyclic esters (lactones) is 1. The highest BCUT2D eigenvalue weighted by molar-refractivity contribution is 5.74. The van der Waals surface area contributed by atoms with Crippen LogP contribution in [-0.4, -0.2) is 13.1 Å². The van der Waals surface area contributed by atoms with Crippen molar-refractivity contribution in [3.8, 4) is 5.75 Å². The fourth-order valence-corrected chi connectivity index (χ4v) is 1.97. The lowest BCUT2D eigenvalue weighted by molar-refractivity contribution is -0.142. The molecule has 0 spiro atoms. The van der Waals surface area contributed by atoms with Crippen molar-refractivity contribution in [3.63, 3.8) is 0 Å². The highest BCUT2D eigenvalue weighted by Crippen LogP contribution is 2.24. The molecule has 96 valence electrons. The Morgan fingerprint density at radius 1 is 1.33 bits per heavy atom. The van der Waals surface area contributed by atoms with Gasteiger partial charge in [0.1, 0.15) is 11.5 Å². The van der Waals surface area contributed by atoms with Crippen molar-refractivity contribution in [2.24, 2.45) is 5.92 Å². The molecule has 1 atom stereocenters. The van der Waals surface area contributed by atoms with E-state index in [4.69, 9.17) is 9.47 Å². The lowest BCUT2D eigenvalue weighted by Gasteiger charge is -2.06. The predicted molar refractivity (Wildman–Crippen MR) is 70.1 cm³/mol. The van der Waals surface area contributed by atoms with Gasteiger partial charge < -0.3 is 9.47 Å². The maximum absolute atomic E-state index is 11.6. The van der Waals surface area contributed by atoms with E-state index in [0.29, 0.717) is 0 Å². The number of hydrogen-bond donors (Lipinski definition) is 0. The fourth-order valence-electron chi connectivity index (χ4n) is 1.97. The molecular formula is C15H18O3. The molecule has 1 saturated heterocycles.